The number of hydrogen-bond donors (Lipinski definition) is 2. The SMILES string of the molecule is CCC(C#N)NC(=O)OC(C)(C)C.CCC(C#N)NC(=O)OC(C)(C)C. The van der Waals surface area contributed by atoms with Crippen LogP contribution in [0.5, 0.6) is 0 Å². The Balaban J connectivity index is 0. The van der Waals surface area contributed by atoms with Crippen molar-refractivity contribution in [2.24, 2.45) is 0 Å². The van der Waals surface area contributed by atoms with Gasteiger partial charge in [-0.3, -0.25) is 0 Å². The summed E-state index contributed by atoms with van der Waals surface area (Å²) in [6.45, 7) is 14.3. The Morgan fingerprint density at radius 2 is 1.08 bits per heavy atom. The Morgan fingerprint density at radius 3 is 1.23 bits per heavy atom. The monoisotopic (exact) mass is 368 g/mol. The van der Waals surface area contributed by atoms with E-state index in [0.717, 1.165) is 0 Å². The average molecular weight is 368 g/mol. The van der Waals surface area contributed by atoms with Gasteiger partial charge in [0.1, 0.15) is 23.3 Å². The zero-order valence-corrected chi connectivity index (χ0v) is 17.1. The summed E-state index contributed by atoms with van der Waals surface area (Å²) in [4.78, 5) is 22.2. The first kappa shape index (κ1) is 25.8. The van der Waals surface area contributed by atoms with E-state index in [-0.39, 0.29) is 0 Å². The van der Waals surface area contributed by atoms with E-state index in [2.05, 4.69) is 10.6 Å². The second-order valence-corrected chi connectivity index (χ2v) is 7.47. The number of ether oxygens (including phenoxy) is 2. The maximum Gasteiger partial charge on any atom is 0.408 e. The molecule has 0 aromatic heterocycles. The molecule has 2 unspecified atom stereocenters. The highest BCUT2D eigenvalue weighted by molar-refractivity contribution is 5.68. The van der Waals surface area contributed by atoms with Gasteiger partial charge in [0.25, 0.3) is 0 Å². The molecule has 0 heterocycles. The minimum Gasteiger partial charge on any atom is -0.444 e. The number of hydrogen-bond acceptors (Lipinski definition) is 6. The van der Waals surface area contributed by atoms with Crippen molar-refractivity contribution in [2.75, 3.05) is 0 Å². The Bertz CT molecular complexity index is 473. The molecule has 0 aromatic carbocycles. The summed E-state index contributed by atoms with van der Waals surface area (Å²) in [5, 5.41) is 22.0. The molecule has 0 aliphatic heterocycles. The van der Waals surface area contributed by atoms with Crippen LogP contribution in [0.15, 0.2) is 0 Å². The molecule has 0 aliphatic carbocycles. The molecule has 2 atom stereocenters. The van der Waals surface area contributed by atoms with Gasteiger partial charge in [0.15, 0.2) is 0 Å². The number of carbonyl (C=O) groups is 2. The Labute approximate surface area is 156 Å². The van der Waals surface area contributed by atoms with E-state index in [9.17, 15) is 9.59 Å². The van der Waals surface area contributed by atoms with Gasteiger partial charge in [-0.2, -0.15) is 10.5 Å². The topological polar surface area (TPSA) is 124 Å². The summed E-state index contributed by atoms with van der Waals surface area (Å²) in [5.74, 6) is 0. The number of nitriles is 2. The van der Waals surface area contributed by atoms with E-state index in [1.807, 2.05) is 26.0 Å². The molecule has 0 aromatic rings. The highest BCUT2D eigenvalue weighted by Crippen LogP contribution is 2.07. The van der Waals surface area contributed by atoms with Crippen molar-refractivity contribution in [2.45, 2.75) is 91.5 Å². The molecule has 26 heavy (non-hydrogen) atoms. The summed E-state index contributed by atoms with van der Waals surface area (Å²) in [7, 11) is 0. The van der Waals surface area contributed by atoms with Gasteiger partial charge < -0.3 is 20.1 Å². The molecule has 0 spiro atoms. The van der Waals surface area contributed by atoms with Crippen molar-refractivity contribution in [3.63, 3.8) is 0 Å². The van der Waals surface area contributed by atoms with E-state index in [4.69, 9.17) is 20.0 Å². The number of alkyl carbamates (subject to hydrolysis) is 2. The van der Waals surface area contributed by atoms with E-state index in [1.165, 1.54) is 0 Å². The minimum absolute atomic E-state index is 0.463. The smallest absolute Gasteiger partial charge is 0.408 e. The van der Waals surface area contributed by atoms with Crippen LogP contribution in [-0.4, -0.2) is 35.5 Å². The van der Waals surface area contributed by atoms with Crippen molar-refractivity contribution in [1.82, 2.24) is 10.6 Å². The molecule has 0 radical (unpaired) electrons. The lowest BCUT2D eigenvalue weighted by Gasteiger charge is -2.20. The van der Waals surface area contributed by atoms with Crippen molar-refractivity contribution >= 4 is 12.2 Å². The van der Waals surface area contributed by atoms with E-state index < -0.39 is 35.5 Å². The highest BCUT2D eigenvalue weighted by atomic mass is 16.6. The summed E-state index contributed by atoms with van der Waals surface area (Å²) < 4.78 is 9.94. The highest BCUT2D eigenvalue weighted by Gasteiger charge is 2.19. The lowest BCUT2D eigenvalue weighted by molar-refractivity contribution is 0.0503. The fourth-order valence-electron chi connectivity index (χ4n) is 1.35. The van der Waals surface area contributed by atoms with Gasteiger partial charge in [0, 0.05) is 0 Å². The van der Waals surface area contributed by atoms with Crippen LogP contribution in [-0.2, 0) is 9.47 Å². The van der Waals surface area contributed by atoms with Gasteiger partial charge in [-0.25, -0.2) is 9.59 Å². The van der Waals surface area contributed by atoms with Crippen LogP contribution < -0.4 is 10.6 Å². The van der Waals surface area contributed by atoms with Gasteiger partial charge in [-0.15, -0.1) is 0 Å². The molecular weight excluding hydrogens is 336 g/mol. The molecule has 2 N–H and O–H groups in total. The minimum atomic E-state index is -0.541. The Morgan fingerprint density at radius 1 is 0.808 bits per heavy atom. The molecular formula is C18H32N4O4. The summed E-state index contributed by atoms with van der Waals surface area (Å²) in [5.41, 5.74) is -1.03. The van der Waals surface area contributed by atoms with Crippen molar-refractivity contribution in [3.05, 3.63) is 0 Å². The van der Waals surface area contributed by atoms with E-state index in [0.29, 0.717) is 12.8 Å². The van der Waals surface area contributed by atoms with Crippen LogP contribution in [0.25, 0.3) is 0 Å². The second-order valence-electron chi connectivity index (χ2n) is 7.47. The van der Waals surface area contributed by atoms with Gasteiger partial charge in [0.2, 0.25) is 0 Å². The Hall–Kier alpha value is -2.48. The number of nitrogens with one attached hydrogen (secondary N) is 2. The van der Waals surface area contributed by atoms with Crippen molar-refractivity contribution in [1.29, 1.82) is 10.5 Å². The predicted molar refractivity (Wildman–Crippen MR) is 98.1 cm³/mol. The molecule has 0 bridgehead atoms. The zero-order chi connectivity index (χ0) is 21.0. The fraction of sp³-hybridized carbons (Fsp3) is 0.778. The van der Waals surface area contributed by atoms with Crippen LogP contribution in [0.3, 0.4) is 0 Å². The molecule has 0 aliphatic rings. The first-order valence-corrected chi connectivity index (χ1v) is 8.56. The first-order valence-electron chi connectivity index (χ1n) is 8.56. The lowest BCUT2D eigenvalue weighted by Crippen LogP contribution is -2.38. The fourth-order valence-corrected chi connectivity index (χ4v) is 1.35. The largest absolute Gasteiger partial charge is 0.444 e. The van der Waals surface area contributed by atoms with Gasteiger partial charge in [-0.05, 0) is 54.4 Å². The van der Waals surface area contributed by atoms with Crippen LogP contribution in [0.2, 0.25) is 0 Å². The van der Waals surface area contributed by atoms with Crippen LogP contribution in [0.1, 0.15) is 68.2 Å². The summed E-state index contributed by atoms with van der Waals surface area (Å²) in [6.07, 6.45) is 0.0766. The summed E-state index contributed by atoms with van der Waals surface area (Å²) >= 11 is 0. The average Bonchev–Trinajstić information content (AvgIpc) is 2.47. The predicted octanol–water partition coefficient (Wildman–Crippen LogP) is 3.63. The number of rotatable bonds is 4. The van der Waals surface area contributed by atoms with Gasteiger partial charge >= 0.3 is 12.2 Å². The number of nitrogens with zero attached hydrogens (tertiary/aromatic N) is 2. The molecule has 0 saturated heterocycles. The molecule has 8 nitrogen and oxygen atoms in total. The normalized spacial score (nSPS) is 12.8. The first-order chi connectivity index (χ1) is 11.8. The standard InChI is InChI=1S/2C9H16N2O2/c2*1-5-7(6-10)11-8(12)13-9(2,3)4/h2*7H,5H2,1-4H3,(H,11,12). The molecule has 8 heteroatoms. The lowest BCUT2D eigenvalue weighted by atomic mass is 10.2. The van der Waals surface area contributed by atoms with Crippen LogP contribution in [0.4, 0.5) is 9.59 Å². The number of carbonyl (C=O) groups excluding carboxylic acids is 2. The molecule has 0 saturated carbocycles. The second kappa shape index (κ2) is 12.0. The maximum atomic E-state index is 11.1. The third-order valence-electron chi connectivity index (χ3n) is 2.51. The van der Waals surface area contributed by atoms with E-state index in [1.54, 1.807) is 41.5 Å². The third kappa shape index (κ3) is 16.4. The molecule has 0 rings (SSSR count). The molecule has 2 amide bonds. The van der Waals surface area contributed by atoms with Crippen LogP contribution >= 0.6 is 0 Å². The van der Waals surface area contributed by atoms with Crippen molar-refractivity contribution < 1.29 is 19.1 Å². The maximum absolute atomic E-state index is 11.1. The quantitative estimate of drug-likeness (QED) is 0.780. The van der Waals surface area contributed by atoms with E-state index >= 15 is 0 Å². The van der Waals surface area contributed by atoms with Crippen molar-refractivity contribution in [3.8, 4) is 12.1 Å². The summed E-state index contributed by atoms with van der Waals surface area (Å²) in [6, 6.07) is 2.99. The third-order valence-corrected chi connectivity index (χ3v) is 2.51. The number of amides is 2. The van der Waals surface area contributed by atoms with Gasteiger partial charge in [0.05, 0.1) is 12.1 Å². The van der Waals surface area contributed by atoms with Crippen LogP contribution in [0, 0.1) is 22.7 Å². The zero-order valence-electron chi connectivity index (χ0n) is 17.1. The molecule has 148 valence electrons. The Kier molecular flexibility index (Phi) is 11.9. The van der Waals surface area contributed by atoms with Gasteiger partial charge in [-0.1, -0.05) is 13.8 Å². The molecule has 0 fully saturated rings.